The van der Waals surface area contributed by atoms with Gasteiger partial charge in [-0.25, -0.2) is 4.98 Å². The van der Waals surface area contributed by atoms with Gasteiger partial charge in [0.1, 0.15) is 0 Å². The molecule has 5 nitrogen and oxygen atoms in total. The third kappa shape index (κ3) is 7.40. The predicted octanol–water partition coefficient (Wildman–Crippen LogP) is 10.8. The Morgan fingerprint density at radius 2 is 1.68 bits per heavy atom. The number of aromatic nitrogens is 4. The number of imidazole rings is 1. The fourth-order valence-corrected chi connectivity index (χ4v) is 10.8. The number of hydrogen-bond acceptors (Lipinski definition) is 4. The maximum Gasteiger partial charge on any atom is 0.216 e. The Hall–Kier alpha value is -3.58. The van der Waals surface area contributed by atoms with Crippen LogP contribution in [0.5, 0.6) is 0 Å². The minimum atomic E-state index is -1.85. The van der Waals surface area contributed by atoms with Crippen LogP contribution < -0.4 is 4.40 Å². The van der Waals surface area contributed by atoms with Crippen molar-refractivity contribution in [2.45, 2.75) is 82.6 Å². The molecule has 8 rings (SSSR count). The van der Waals surface area contributed by atoms with Crippen molar-refractivity contribution in [1.82, 2.24) is 19.5 Å². The number of aryl methyl sites for hydroxylation is 1. The van der Waals surface area contributed by atoms with Gasteiger partial charge in [0.2, 0.25) is 5.71 Å². The molecule has 259 valence electrons. The minimum Gasteiger partial charge on any atom is -0.486 e. The van der Waals surface area contributed by atoms with E-state index in [1.54, 1.807) is 0 Å². The largest absolute Gasteiger partial charge is 0.486 e. The zero-order valence-corrected chi connectivity index (χ0v) is 34.5. The van der Waals surface area contributed by atoms with Crippen LogP contribution in [0.25, 0.3) is 55.7 Å². The fraction of sp³-hybridized carbons (Fsp3) is 0.326. The molecule has 1 aliphatic rings. The minimum absolute atomic E-state index is 0. The molecule has 1 aliphatic carbocycles. The van der Waals surface area contributed by atoms with Crippen molar-refractivity contribution < 1.29 is 24.5 Å². The number of pyridine rings is 2. The topological polar surface area (TPSA) is 56.7 Å². The molecule has 1 saturated carbocycles. The van der Waals surface area contributed by atoms with Crippen LogP contribution in [0.15, 0.2) is 89.5 Å². The van der Waals surface area contributed by atoms with Crippen LogP contribution >= 0.6 is 0 Å². The SMILES string of the molecule is CC(C)c1cc(-c2[c-]cccc2)nc[c]1[Ge]([CH3])([CH3])[CH3].CCn1c(-c2[c-]ccc3c2oc2nc(CC4CCCC4)ccc23)nc2ccccc21.[Ir]. The molecule has 0 amide bonds. The Kier molecular flexibility index (Phi) is 11.1. The van der Waals surface area contributed by atoms with Crippen molar-refractivity contribution in [2.75, 3.05) is 0 Å². The normalized spacial score (nSPS) is 13.6. The van der Waals surface area contributed by atoms with Crippen LogP contribution in [-0.4, -0.2) is 32.8 Å². The molecule has 1 fully saturated rings. The van der Waals surface area contributed by atoms with Gasteiger partial charge in [-0.15, -0.1) is 18.2 Å². The van der Waals surface area contributed by atoms with E-state index in [2.05, 4.69) is 114 Å². The summed E-state index contributed by atoms with van der Waals surface area (Å²) in [6.07, 6.45) is 8.53. The number of furan rings is 1. The standard InChI is InChI=1S/C26H24N3O.C17H22GeN.Ir/c1-2-29-23-13-6-5-12-22(23)28-25(29)21-11-7-10-19-20-15-14-18(16-17-8-3-4-9-17)27-26(20)30-24(19)21;1-13(2)15-11-17(14-9-7-6-8-10-14)19-12-16(15)18(3,4)5;/h5-7,10,12-15,17H,2-4,8-9,16H2,1H3;6-9,11-13H,1-5H3;/q2*-1;. The average Bonchev–Trinajstić information content (AvgIpc) is 3.85. The molecule has 0 atom stereocenters. The summed E-state index contributed by atoms with van der Waals surface area (Å²) in [5, 5.41) is 2.14. The monoisotopic (exact) mass is 901 g/mol. The van der Waals surface area contributed by atoms with Crippen molar-refractivity contribution in [2.24, 2.45) is 5.92 Å². The molecule has 0 unspecified atom stereocenters. The number of hydrogen-bond donors (Lipinski definition) is 0. The summed E-state index contributed by atoms with van der Waals surface area (Å²) in [5.74, 6) is 9.50. The van der Waals surface area contributed by atoms with Gasteiger partial charge in [0, 0.05) is 37.7 Å². The summed E-state index contributed by atoms with van der Waals surface area (Å²) in [6, 6.07) is 33.6. The zero-order valence-electron chi connectivity index (χ0n) is 30.0. The summed E-state index contributed by atoms with van der Waals surface area (Å²) in [7, 11) is 0. The molecule has 7 heteroatoms. The molecule has 0 spiro atoms. The molecular formula is C43H46GeIrN4O-2. The van der Waals surface area contributed by atoms with E-state index in [1.165, 1.54) is 35.6 Å². The van der Waals surface area contributed by atoms with E-state index >= 15 is 0 Å². The molecule has 7 aromatic rings. The van der Waals surface area contributed by atoms with Gasteiger partial charge < -0.3 is 8.98 Å². The Morgan fingerprint density at radius 3 is 2.40 bits per heavy atom. The predicted molar refractivity (Wildman–Crippen MR) is 206 cm³/mol. The second kappa shape index (κ2) is 15.3. The fourth-order valence-electron chi connectivity index (χ4n) is 7.31. The first-order chi connectivity index (χ1) is 23.7. The summed E-state index contributed by atoms with van der Waals surface area (Å²) >= 11 is -1.85. The first-order valence-electron chi connectivity index (χ1n) is 17.9. The summed E-state index contributed by atoms with van der Waals surface area (Å²) in [4.78, 5) is 14.5. The van der Waals surface area contributed by atoms with E-state index in [-0.39, 0.29) is 20.1 Å². The van der Waals surface area contributed by atoms with Gasteiger partial charge in [-0.2, -0.15) is 0 Å². The Morgan fingerprint density at radius 1 is 0.900 bits per heavy atom. The van der Waals surface area contributed by atoms with Crippen LogP contribution in [0.3, 0.4) is 0 Å². The quantitative estimate of drug-likeness (QED) is 0.118. The van der Waals surface area contributed by atoms with Crippen molar-refractivity contribution in [3.05, 3.63) is 108 Å². The second-order valence-corrected chi connectivity index (χ2v) is 25.3. The zero-order chi connectivity index (χ0) is 34.1. The van der Waals surface area contributed by atoms with Crippen LogP contribution in [0.1, 0.15) is 63.6 Å². The Balaban J connectivity index is 0.000000188. The number of benzene rings is 3. The maximum absolute atomic E-state index is 6.34. The van der Waals surface area contributed by atoms with E-state index in [1.807, 2.05) is 30.3 Å². The molecule has 0 saturated heterocycles. The third-order valence-electron chi connectivity index (χ3n) is 9.87. The van der Waals surface area contributed by atoms with E-state index in [0.29, 0.717) is 5.92 Å². The smallest absolute Gasteiger partial charge is 0.216 e. The van der Waals surface area contributed by atoms with Gasteiger partial charge in [0.05, 0.1) is 22.4 Å². The molecule has 4 aromatic heterocycles. The summed E-state index contributed by atoms with van der Waals surface area (Å²) in [6.45, 7) is 7.52. The first kappa shape index (κ1) is 36.2. The Labute approximate surface area is 312 Å². The van der Waals surface area contributed by atoms with E-state index in [0.717, 1.165) is 80.3 Å². The number of nitrogens with zero attached hydrogens (tertiary/aromatic N) is 4. The molecular weight excluding hydrogens is 853 g/mol. The van der Waals surface area contributed by atoms with Gasteiger partial charge in [-0.1, -0.05) is 48.8 Å². The Bertz CT molecular complexity index is 2230. The van der Waals surface area contributed by atoms with Gasteiger partial charge in [-0.3, -0.25) is 4.98 Å². The number of rotatable bonds is 7. The molecule has 4 heterocycles. The number of para-hydroxylation sites is 2. The van der Waals surface area contributed by atoms with Crippen LogP contribution in [0, 0.1) is 18.1 Å². The van der Waals surface area contributed by atoms with Crippen LogP contribution in [0.4, 0.5) is 0 Å². The van der Waals surface area contributed by atoms with Gasteiger partial charge >= 0.3 is 119 Å². The molecule has 0 N–H and O–H groups in total. The van der Waals surface area contributed by atoms with E-state index in [4.69, 9.17) is 14.4 Å². The van der Waals surface area contributed by atoms with Crippen LogP contribution in [0.2, 0.25) is 17.3 Å². The van der Waals surface area contributed by atoms with Crippen molar-refractivity contribution in [3.63, 3.8) is 0 Å². The van der Waals surface area contributed by atoms with Gasteiger partial charge in [0.25, 0.3) is 0 Å². The molecule has 3 aromatic carbocycles. The maximum atomic E-state index is 6.34. The van der Waals surface area contributed by atoms with E-state index < -0.39 is 13.3 Å². The second-order valence-electron chi connectivity index (χ2n) is 14.7. The number of fused-ring (bicyclic) bond motifs is 4. The summed E-state index contributed by atoms with van der Waals surface area (Å²) in [5.41, 5.74) is 9.30. The average molecular weight is 900 g/mol. The van der Waals surface area contributed by atoms with E-state index in [9.17, 15) is 0 Å². The molecule has 1 radical (unpaired) electrons. The first-order valence-corrected chi connectivity index (χ1v) is 25.2. The summed E-state index contributed by atoms with van der Waals surface area (Å²) < 4.78 is 10.1. The molecule has 50 heavy (non-hydrogen) atoms. The van der Waals surface area contributed by atoms with Gasteiger partial charge in [0.15, 0.2) is 0 Å². The third-order valence-corrected chi connectivity index (χ3v) is 14.1. The van der Waals surface area contributed by atoms with Crippen molar-refractivity contribution >= 4 is 50.8 Å². The van der Waals surface area contributed by atoms with Crippen molar-refractivity contribution in [3.8, 4) is 22.6 Å². The van der Waals surface area contributed by atoms with Crippen molar-refractivity contribution in [1.29, 1.82) is 0 Å². The molecule has 0 aliphatic heterocycles. The molecule has 0 bridgehead atoms. The van der Waals surface area contributed by atoms with Gasteiger partial charge in [-0.05, 0) is 43.5 Å². The van der Waals surface area contributed by atoms with Crippen LogP contribution in [-0.2, 0) is 33.1 Å².